The van der Waals surface area contributed by atoms with Gasteiger partial charge in [0.1, 0.15) is 0 Å². The van der Waals surface area contributed by atoms with Crippen LogP contribution in [-0.4, -0.2) is 16.8 Å². The zero-order chi connectivity index (χ0) is 13.6. The van der Waals surface area contributed by atoms with Crippen molar-refractivity contribution in [2.45, 2.75) is 12.8 Å². The summed E-state index contributed by atoms with van der Waals surface area (Å²) in [6.45, 7) is 2.78. The SMILES string of the molecule is Cc1ccc2c3c(cc([N+](=O)[O-])c2c1)NCC3CBr. The third-order valence-electron chi connectivity index (χ3n) is 3.64. The van der Waals surface area contributed by atoms with Crippen LogP contribution in [0, 0.1) is 17.0 Å². The Labute approximate surface area is 119 Å². The van der Waals surface area contributed by atoms with E-state index in [4.69, 9.17) is 0 Å². The highest BCUT2D eigenvalue weighted by Gasteiger charge is 2.27. The van der Waals surface area contributed by atoms with E-state index in [0.29, 0.717) is 5.92 Å². The number of nitrogens with one attached hydrogen (secondary N) is 1. The molecule has 0 amide bonds. The Morgan fingerprint density at radius 1 is 1.42 bits per heavy atom. The fraction of sp³-hybridized carbons (Fsp3) is 0.286. The summed E-state index contributed by atoms with van der Waals surface area (Å²) < 4.78 is 0. The number of hydrogen-bond acceptors (Lipinski definition) is 3. The Hall–Kier alpha value is -1.62. The molecule has 0 bridgehead atoms. The average Bonchev–Trinajstić information content (AvgIpc) is 2.80. The molecule has 19 heavy (non-hydrogen) atoms. The van der Waals surface area contributed by atoms with Crippen molar-refractivity contribution in [2.75, 3.05) is 17.2 Å². The number of aryl methyl sites for hydroxylation is 1. The third kappa shape index (κ3) is 1.89. The predicted octanol–water partition coefficient (Wildman–Crippen LogP) is 3.96. The zero-order valence-electron chi connectivity index (χ0n) is 10.4. The Bertz CT molecular complexity index is 685. The van der Waals surface area contributed by atoms with Crippen LogP contribution in [0.15, 0.2) is 24.3 Å². The third-order valence-corrected chi connectivity index (χ3v) is 4.42. The number of rotatable bonds is 2. The van der Waals surface area contributed by atoms with Gasteiger partial charge < -0.3 is 5.32 Å². The summed E-state index contributed by atoms with van der Waals surface area (Å²) >= 11 is 3.52. The summed E-state index contributed by atoms with van der Waals surface area (Å²) in [6, 6.07) is 7.58. The molecule has 98 valence electrons. The van der Waals surface area contributed by atoms with Gasteiger partial charge in [0.05, 0.1) is 10.3 Å². The summed E-state index contributed by atoms with van der Waals surface area (Å²) in [7, 11) is 0. The molecule has 1 aliphatic rings. The van der Waals surface area contributed by atoms with Gasteiger partial charge >= 0.3 is 0 Å². The molecule has 1 aliphatic heterocycles. The monoisotopic (exact) mass is 320 g/mol. The lowest BCUT2D eigenvalue weighted by atomic mass is 9.94. The number of nitro groups is 1. The van der Waals surface area contributed by atoms with Crippen molar-refractivity contribution < 1.29 is 4.92 Å². The van der Waals surface area contributed by atoms with Gasteiger partial charge in [-0.2, -0.15) is 0 Å². The fourth-order valence-corrected chi connectivity index (χ4v) is 3.30. The van der Waals surface area contributed by atoms with E-state index in [-0.39, 0.29) is 10.6 Å². The molecular formula is C14H13BrN2O2. The van der Waals surface area contributed by atoms with Crippen LogP contribution in [0.1, 0.15) is 17.0 Å². The number of anilines is 1. The van der Waals surface area contributed by atoms with Gasteiger partial charge in [-0.3, -0.25) is 10.1 Å². The lowest BCUT2D eigenvalue weighted by molar-refractivity contribution is -0.383. The highest BCUT2D eigenvalue weighted by atomic mass is 79.9. The van der Waals surface area contributed by atoms with Gasteiger partial charge in [-0.05, 0) is 23.9 Å². The number of fused-ring (bicyclic) bond motifs is 3. The lowest BCUT2D eigenvalue weighted by Gasteiger charge is -2.11. The van der Waals surface area contributed by atoms with Gasteiger partial charge in [-0.25, -0.2) is 0 Å². The number of alkyl halides is 1. The molecule has 4 nitrogen and oxygen atoms in total. The molecule has 0 radical (unpaired) electrons. The molecule has 0 saturated carbocycles. The van der Waals surface area contributed by atoms with E-state index in [1.165, 1.54) is 5.56 Å². The maximum Gasteiger partial charge on any atom is 0.279 e. The maximum absolute atomic E-state index is 11.2. The average molecular weight is 321 g/mol. The molecule has 0 spiro atoms. The Balaban J connectivity index is 2.39. The highest BCUT2D eigenvalue weighted by molar-refractivity contribution is 9.09. The van der Waals surface area contributed by atoms with E-state index >= 15 is 0 Å². The van der Waals surface area contributed by atoms with E-state index in [0.717, 1.165) is 33.9 Å². The second kappa shape index (κ2) is 4.49. The zero-order valence-corrected chi connectivity index (χ0v) is 12.0. The summed E-state index contributed by atoms with van der Waals surface area (Å²) in [6.07, 6.45) is 0. The number of nitrogens with zero attached hydrogens (tertiary/aromatic N) is 1. The summed E-state index contributed by atoms with van der Waals surface area (Å²) in [4.78, 5) is 10.9. The van der Waals surface area contributed by atoms with Crippen molar-refractivity contribution in [1.29, 1.82) is 0 Å². The molecule has 2 aromatic rings. The van der Waals surface area contributed by atoms with E-state index in [9.17, 15) is 10.1 Å². The van der Waals surface area contributed by atoms with Crippen LogP contribution in [0.2, 0.25) is 0 Å². The van der Waals surface area contributed by atoms with E-state index in [1.54, 1.807) is 6.07 Å². The van der Waals surface area contributed by atoms with E-state index in [2.05, 4.69) is 21.2 Å². The van der Waals surface area contributed by atoms with Crippen molar-refractivity contribution >= 4 is 38.1 Å². The topological polar surface area (TPSA) is 55.2 Å². The number of halogens is 1. The predicted molar refractivity (Wildman–Crippen MR) is 80.4 cm³/mol. The Kier molecular flexibility index (Phi) is 2.93. The van der Waals surface area contributed by atoms with Crippen molar-refractivity contribution in [1.82, 2.24) is 0 Å². The molecular weight excluding hydrogens is 308 g/mol. The fourth-order valence-electron chi connectivity index (χ4n) is 2.75. The molecule has 1 atom stereocenters. The van der Waals surface area contributed by atoms with Crippen LogP contribution in [0.4, 0.5) is 11.4 Å². The maximum atomic E-state index is 11.2. The summed E-state index contributed by atoms with van der Waals surface area (Å²) in [5, 5.41) is 17.1. The minimum absolute atomic E-state index is 0.181. The molecule has 1 N–H and O–H groups in total. The molecule has 0 aromatic heterocycles. The molecule has 1 unspecified atom stereocenters. The molecule has 0 aliphatic carbocycles. The smallest absolute Gasteiger partial charge is 0.279 e. The second-order valence-electron chi connectivity index (χ2n) is 4.90. The molecule has 3 rings (SSSR count). The van der Waals surface area contributed by atoms with Crippen LogP contribution < -0.4 is 5.32 Å². The lowest BCUT2D eigenvalue weighted by Crippen LogP contribution is -2.02. The van der Waals surface area contributed by atoms with E-state index < -0.39 is 0 Å². The molecule has 0 saturated heterocycles. The number of non-ortho nitro benzene ring substituents is 1. The van der Waals surface area contributed by atoms with Crippen LogP contribution in [-0.2, 0) is 0 Å². The van der Waals surface area contributed by atoms with Crippen molar-refractivity contribution in [3.8, 4) is 0 Å². The molecule has 2 aromatic carbocycles. The summed E-state index contributed by atoms with van der Waals surface area (Å²) in [5.74, 6) is 0.362. The Morgan fingerprint density at radius 2 is 2.21 bits per heavy atom. The van der Waals surface area contributed by atoms with Crippen molar-refractivity contribution in [2.24, 2.45) is 0 Å². The highest BCUT2D eigenvalue weighted by Crippen LogP contribution is 2.42. The molecule has 5 heteroatoms. The first-order chi connectivity index (χ1) is 9.11. The minimum Gasteiger partial charge on any atom is -0.384 e. The largest absolute Gasteiger partial charge is 0.384 e. The number of hydrogen-bond donors (Lipinski definition) is 1. The van der Waals surface area contributed by atoms with Gasteiger partial charge in [-0.1, -0.05) is 33.6 Å². The number of benzene rings is 2. The Morgan fingerprint density at radius 3 is 2.89 bits per heavy atom. The minimum atomic E-state index is -0.300. The van der Waals surface area contributed by atoms with Crippen LogP contribution in [0.5, 0.6) is 0 Å². The first kappa shape index (κ1) is 12.4. The second-order valence-corrected chi connectivity index (χ2v) is 5.54. The van der Waals surface area contributed by atoms with Gasteiger partial charge in [0.2, 0.25) is 0 Å². The van der Waals surface area contributed by atoms with Crippen molar-refractivity contribution in [3.05, 3.63) is 45.5 Å². The molecule has 1 heterocycles. The van der Waals surface area contributed by atoms with Gasteiger partial charge in [0, 0.05) is 29.5 Å². The van der Waals surface area contributed by atoms with E-state index in [1.807, 2.05) is 25.1 Å². The first-order valence-corrected chi connectivity index (χ1v) is 7.25. The number of nitro benzene ring substituents is 1. The van der Waals surface area contributed by atoms with Crippen molar-refractivity contribution in [3.63, 3.8) is 0 Å². The van der Waals surface area contributed by atoms with Gasteiger partial charge in [0.25, 0.3) is 5.69 Å². The van der Waals surface area contributed by atoms with Crippen LogP contribution >= 0.6 is 15.9 Å². The van der Waals surface area contributed by atoms with Crippen LogP contribution in [0.3, 0.4) is 0 Å². The quantitative estimate of drug-likeness (QED) is 0.517. The molecule has 0 fully saturated rings. The normalized spacial score (nSPS) is 17.3. The summed E-state index contributed by atoms with van der Waals surface area (Å²) in [5.41, 5.74) is 3.31. The first-order valence-electron chi connectivity index (χ1n) is 6.13. The van der Waals surface area contributed by atoms with Gasteiger partial charge in [-0.15, -0.1) is 0 Å². The standard InChI is InChI=1S/C14H13BrN2O2/c1-8-2-3-10-11(4-8)13(17(18)19)5-12-14(10)9(6-15)7-16-12/h2-5,9,16H,6-7H2,1H3. The van der Waals surface area contributed by atoms with Crippen LogP contribution in [0.25, 0.3) is 10.8 Å². The van der Waals surface area contributed by atoms with Gasteiger partial charge in [0.15, 0.2) is 0 Å².